The Morgan fingerprint density at radius 2 is 2.11 bits per heavy atom. The van der Waals surface area contributed by atoms with Gasteiger partial charge in [-0.05, 0) is 31.0 Å². The van der Waals surface area contributed by atoms with Crippen LogP contribution in [0.15, 0.2) is 37.2 Å². The number of ether oxygens (including phenoxy) is 1. The molecule has 0 saturated heterocycles. The molecule has 0 N–H and O–H groups in total. The summed E-state index contributed by atoms with van der Waals surface area (Å²) in [4.78, 5) is 8.83. The Hall–Kier alpha value is -3.29. The lowest BCUT2D eigenvalue weighted by atomic mass is 10.00. The molecule has 3 aromatic heterocycles. The van der Waals surface area contributed by atoms with Gasteiger partial charge in [0.15, 0.2) is 5.65 Å². The third kappa shape index (κ3) is 2.64. The standard InChI is InChI=1S/C19H17FN6O/c1-12-9-25(10-22-12)16-8-21-18(26-11-23-24-19(16)26)5-2-13-14-6-7-27-17(14)4-3-15(13)20/h3-4,8-11H,2,5-7H2,1H3. The van der Waals surface area contributed by atoms with E-state index in [-0.39, 0.29) is 5.82 Å². The molecule has 1 aliphatic rings. The topological polar surface area (TPSA) is 70.1 Å². The minimum Gasteiger partial charge on any atom is -0.493 e. The lowest BCUT2D eigenvalue weighted by Gasteiger charge is -2.10. The Balaban J connectivity index is 1.49. The zero-order valence-corrected chi connectivity index (χ0v) is 14.8. The Morgan fingerprint density at radius 3 is 2.96 bits per heavy atom. The molecule has 0 unspecified atom stereocenters. The highest BCUT2D eigenvalue weighted by Gasteiger charge is 2.20. The summed E-state index contributed by atoms with van der Waals surface area (Å²) in [5.74, 6) is 1.39. The van der Waals surface area contributed by atoms with E-state index in [9.17, 15) is 4.39 Å². The van der Waals surface area contributed by atoms with Crippen LogP contribution in [0.4, 0.5) is 4.39 Å². The first-order chi connectivity index (χ1) is 13.2. The molecule has 4 heterocycles. The molecular formula is C19H17FN6O. The second-order valence-corrected chi connectivity index (χ2v) is 6.61. The van der Waals surface area contributed by atoms with Crippen molar-refractivity contribution in [3.8, 4) is 11.4 Å². The molecule has 0 radical (unpaired) electrons. The number of aromatic nitrogens is 6. The number of rotatable bonds is 4. The van der Waals surface area contributed by atoms with Gasteiger partial charge in [-0.15, -0.1) is 10.2 Å². The fourth-order valence-electron chi connectivity index (χ4n) is 3.60. The van der Waals surface area contributed by atoms with Crippen molar-refractivity contribution in [1.82, 2.24) is 29.1 Å². The van der Waals surface area contributed by atoms with E-state index in [0.717, 1.165) is 34.9 Å². The molecule has 0 fully saturated rings. The van der Waals surface area contributed by atoms with Gasteiger partial charge in [-0.25, -0.2) is 14.4 Å². The van der Waals surface area contributed by atoms with Gasteiger partial charge in [0.05, 0.1) is 24.8 Å². The minimum atomic E-state index is -0.190. The van der Waals surface area contributed by atoms with Gasteiger partial charge in [0, 0.05) is 24.6 Å². The minimum absolute atomic E-state index is 0.190. The molecular weight excluding hydrogens is 347 g/mol. The van der Waals surface area contributed by atoms with Crippen LogP contribution < -0.4 is 4.74 Å². The summed E-state index contributed by atoms with van der Waals surface area (Å²) >= 11 is 0. The molecule has 5 rings (SSSR count). The Labute approximate surface area is 154 Å². The second kappa shape index (κ2) is 6.15. The normalized spacial score (nSPS) is 13.1. The van der Waals surface area contributed by atoms with Crippen molar-refractivity contribution in [1.29, 1.82) is 0 Å². The van der Waals surface area contributed by atoms with E-state index >= 15 is 0 Å². The van der Waals surface area contributed by atoms with Gasteiger partial charge in [0.25, 0.3) is 0 Å². The average molecular weight is 364 g/mol. The molecule has 27 heavy (non-hydrogen) atoms. The average Bonchev–Trinajstić information content (AvgIpc) is 3.40. The van der Waals surface area contributed by atoms with Crippen LogP contribution in [0.25, 0.3) is 11.3 Å². The van der Waals surface area contributed by atoms with Gasteiger partial charge in [-0.3, -0.25) is 4.40 Å². The Bertz CT molecular complexity index is 1150. The van der Waals surface area contributed by atoms with Crippen molar-refractivity contribution in [3.63, 3.8) is 0 Å². The molecule has 7 nitrogen and oxygen atoms in total. The number of nitrogens with zero attached hydrogens (tertiary/aromatic N) is 6. The van der Waals surface area contributed by atoms with Gasteiger partial charge < -0.3 is 9.30 Å². The van der Waals surface area contributed by atoms with Crippen LogP contribution in [0.1, 0.15) is 22.6 Å². The fraction of sp³-hybridized carbons (Fsp3) is 0.263. The van der Waals surface area contributed by atoms with E-state index in [1.165, 1.54) is 6.07 Å². The highest BCUT2D eigenvalue weighted by atomic mass is 19.1. The molecule has 0 saturated carbocycles. The van der Waals surface area contributed by atoms with E-state index in [0.29, 0.717) is 30.7 Å². The van der Waals surface area contributed by atoms with Crippen LogP contribution in [0.5, 0.6) is 5.75 Å². The summed E-state index contributed by atoms with van der Waals surface area (Å²) in [6, 6.07) is 3.19. The Kier molecular flexibility index (Phi) is 3.63. The van der Waals surface area contributed by atoms with Gasteiger partial charge >= 0.3 is 0 Å². The first-order valence-electron chi connectivity index (χ1n) is 8.82. The van der Waals surface area contributed by atoms with Gasteiger partial charge in [0.2, 0.25) is 0 Å². The van der Waals surface area contributed by atoms with E-state index < -0.39 is 0 Å². The van der Waals surface area contributed by atoms with Crippen LogP contribution >= 0.6 is 0 Å². The molecule has 4 aromatic rings. The SMILES string of the molecule is Cc1cn(-c2cnc(CCc3c(F)ccc4c3CCO4)n3cnnc23)cn1. The van der Waals surface area contributed by atoms with E-state index in [1.807, 2.05) is 22.1 Å². The van der Waals surface area contributed by atoms with Crippen LogP contribution in [0.3, 0.4) is 0 Å². The highest BCUT2D eigenvalue weighted by molar-refractivity contribution is 5.57. The first-order valence-corrected chi connectivity index (χ1v) is 8.82. The summed E-state index contributed by atoms with van der Waals surface area (Å²) in [5, 5.41) is 8.26. The van der Waals surface area contributed by atoms with Crippen molar-refractivity contribution in [2.45, 2.75) is 26.2 Å². The van der Waals surface area contributed by atoms with Crippen molar-refractivity contribution in [2.24, 2.45) is 0 Å². The third-order valence-electron chi connectivity index (χ3n) is 4.92. The lowest BCUT2D eigenvalue weighted by Crippen LogP contribution is -2.07. The van der Waals surface area contributed by atoms with Gasteiger partial charge in [-0.1, -0.05) is 0 Å². The highest BCUT2D eigenvalue weighted by Crippen LogP contribution is 2.31. The van der Waals surface area contributed by atoms with Crippen LogP contribution in [0, 0.1) is 12.7 Å². The molecule has 0 aliphatic carbocycles. The maximum Gasteiger partial charge on any atom is 0.187 e. The molecule has 1 aromatic carbocycles. The number of fused-ring (bicyclic) bond motifs is 2. The van der Waals surface area contributed by atoms with Crippen molar-refractivity contribution in [2.75, 3.05) is 6.61 Å². The van der Waals surface area contributed by atoms with Crippen LogP contribution in [0.2, 0.25) is 0 Å². The number of hydrogen-bond donors (Lipinski definition) is 0. The molecule has 0 spiro atoms. The summed E-state index contributed by atoms with van der Waals surface area (Å²) in [6.45, 7) is 2.54. The zero-order valence-electron chi connectivity index (χ0n) is 14.8. The summed E-state index contributed by atoms with van der Waals surface area (Å²) in [5.41, 5.74) is 4.09. The van der Waals surface area contributed by atoms with Gasteiger partial charge in [0.1, 0.15) is 29.4 Å². The van der Waals surface area contributed by atoms with Crippen molar-refractivity contribution >= 4 is 5.65 Å². The molecule has 0 bridgehead atoms. The van der Waals surface area contributed by atoms with E-state index in [4.69, 9.17) is 4.74 Å². The summed E-state index contributed by atoms with van der Waals surface area (Å²) in [7, 11) is 0. The van der Waals surface area contributed by atoms with Gasteiger partial charge in [-0.2, -0.15) is 0 Å². The largest absolute Gasteiger partial charge is 0.493 e. The molecule has 136 valence electrons. The molecule has 0 amide bonds. The van der Waals surface area contributed by atoms with Crippen LogP contribution in [-0.4, -0.2) is 35.7 Å². The predicted molar refractivity (Wildman–Crippen MR) is 95.6 cm³/mol. The first kappa shape index (κ1) is 15.9. The molecule has 1 aliphatic heterocycles. The molecule has 8 heteroatoms. The third-order valence-corrected chi connectivity index (χ3v) is 4.92. The monoisotopic (exact) mass is 364 g/mol. The number of halogens is 1. The summed E-state index contributed by atoms with van der Waals surface area (Å²) in [6.07, 6.45) is 8.90. The lowest BCUT2D eigenvalue weighted by molar-refractivity contribution is 0.356. The molecule has 0 atom stereocenters. The van der Waals surface area contributed by atoms with Crippen molar-refractivity contribution < 1.29 is 9.13 Å². The predicted octanol–water partition coefficient (Wildman–Crippen LogP) is 2.48. The zero-order chi connectivity index (χ0) is 18.4. The van der Waals surface area contributed by atoms with E-state index in [1.54, 1.807) is 24.9 Å². The number of imidazole rings is 1. The number of benzene rings is 1. The smallest absolute Gasteiger partial charge is 0.187 e. The number of aryl methyl sites for hydroxylation is 2. The Morgan fingerprint density at radius 1 is 1.19 bits per heavy atom. The number of hydrogen-bond acceptors (Lipinski definition) is 5. The quantitative estimate of drug-likeness (QED) is 0.556. The van der Waals surface area contributed by atoms with Crippen LogP contribution in [-0.2, 0) is 19.3 Å². The van der Waals surface area contributed by atoms with E-state index in [2.05, 4.69) is 20.2 Å². The maximum absolute atomic E-state index is 14.4. The maximum atomic E-state index is 14.4. The summed E-state index contributed by atoms with van der Waals surface area (Å²) < 4.78 is 23.6. The van der Waals surface area contributed by atoms with Crippen molar-refractivity contribution in [3.05, 3.63) is 65.6 Å². The second-order valence-electron chi connectivity index (χ2n) is 6.61. The fourth-order valence-corrected chi connectivity index (χ4v) is 3.60.